The number of hydrogen-bond acceptors (Lipinski definition) is 5. The van der Waals surface area contributed by atoms with Gasteiger partial charge in [0.1, 0.15) is 12.6 Å². The molecule has 0 spiro atoms. The molecule has 1 N–H and O–H groups in total. The zero-order chi connectivity index (χ0) is 22.9. The predicted molar refractivity (Wildman–Crippen MR) is 123 cm³/mol. The fourth-order valence-corrected chi connectivity index (χ4v) is 5.19. The summed E-state index contributed by atoms with van der Waals surface area (Å²) in [6.07, 6.45) is 2.64. The molecule has 0 radical (unpaired) electrons. The Morgan fingerprint density at radius 3 is 2.56 bits per heavy atom. The Morgan fingerprint density at radius 1 is 1.09 bits per heavy atom. The lowest BCUT2D eigenvalue weighted by molar-refractivity contribution is -0.125. The van der Waals surface area contributed by atoms with Crippen molar-refractivity contribution in [3.05, 3.63) is 54.1 Å². The zero-order valence-corrected chi connectivity index (χ0v) is 19.1. The molecule has 2 heterocycles. The largest absolute Gasteiger partial charge is 0.358 e. The Balaban J connectivity index is 1.65. The first-order valence-corrected chi connectivity index (χ1v) is 12.2. The summed E-state index contributed by atoms with van der Waals surface area (Å²) in [5, 5.41) is 2.86. The van der Waals surface area contributed by atoms with Crippen molar-refractivity contribution in [3.8, 4) is 0 Å². The van der Waals surface area contributed by atoms with Crippen LogP contribution in [0.1, 0.15) is 24.8 Å². The number of carbonyl (C=O) groups excluding carboxylic acids is 2. The van der Waals surface area contributed by atoms with Crippen molar-refractivity contribution in [2.75, 3.05) is 37.0 Å². The quantitative estimate of drug-likeness (QED) is 0.718. The third kappa shape index (κ3) is 4.22. The highest BCUT2D eigenvalue weighted by molar-refractivity contribution is 7.89. The molecule has 32 heavy (non-hydrogen) atoms. The van der Waals surface area contributed by atoms with E-state index in [-0.39, 0.29) is 29.3 Å². The fourth-order valence-electron chi connectivity index (χ4n) is 4.27. The highest BCUT2D eigenvalue weighted by Gasteiger charge is 2.40. The van der Waals surface area contributed by atoms with Crippen LogP contribution in [0.25, 0.3) is 0 Å². The van der Waals surface area contributed by atoms with Gasteiger partial charge in [-0.15, -0.1) is 0 Å². The first-order chi connectivity index (χ1) is 15.3. The van der Waals surface area contributed by atoms with Gasteiger partial charge < -0.3 is 10.2 Å². The second-order valence-corrected chi connectivity index (χ2v) is 10.5. The van der Waals surface area contributed by atoms with Crippen LogP contribution >= 0.6 is 0 Å². The van der Waals surface area contributed by atoms with E-state index in [1.807, 2.05) is 35.2 Å². The summed E-state index contributed by atoms with van der Waals surface area (Å²) in [5.74, 6) is -0.454. The highest BCUT2D eigenvalue weighted by Crippen LogP contribution is 2.40. The first kappa shape index (κ1) is 22.3. The molecule has 1 fully saturated rings. The Kier molecular flexibility index (Phi) is 6.21. The minimum Gasteiger partial charge on any atom is -0.358 e. The molecule has 2 aliphatic rings. The van der Waals surface area contributed by atoms with Gasteiger partial charge in [-0.3, -0.25) is 14.5 Å². The number of rotatable bonds is 6. The van der Waals surface area contributed by atoms with Crippen LogP contribution in [0.15, 0.2) is 53.4 Å². The van der Waals surface area contributed by atoms with Gasteiger partial charge in [0.05, 0.1) is 16.3 Å². The fraction of sp³-hybridized carbons (Fsp3) is 0.391. The number of sulfonamides is 1. The summed E-state index contributed by atoms with van der Waals surface area (Å²) in [6.45, 7) is 0.935. The molecule has 0 aromatic heterocycles. The molecular weight excluding hydrogens is 428 g/mol. The van der Waals surface area contributed by atoms with Crippen LogP contribution in [0.4, 0.5) is 11.4 Å². The number of nitrogens with zero attached hydrogens (tertiary/aromatic N) is 3. The zero-order valence-electron chi connectivity index (χ0n) is 18.3. The molecular formula is C23H28N4O4S. The minimum absolute atomic E-state index is 0.0965. The van der Waals surface area contributed by atoms with Crippen molar-refractivity contribution in [2.45, 2.75) is 36.7 Å². The molecule has 0 saturated carbocycles. The van der Waals surface area contributed by atoms with Crippen LogP contribution in [-0.4, -0.2) is 57.8 Å². The maximum Gasteiger partial charge on any atom is 0.250 e. The molecule has 2 aromatic rings. The Bertz CT molecular complexity index is 1120. The summed E-state index contributed by atoms with van der Waals surface area (Å²) in [4.78, 5) is 29.7. The van der Waals surface area contributed by atoms with Gasteiger partial charge in [-0.2, -0.15) is 0 Å². The Hall–Kier alpha value is -2.91. The van der Waals surface area contributed by atoms with E-state index in [0.29, 0.717) is 12.2 Å². The predicted octanol–water partition coefficient (Wildman–Crippen LogP) is 1.96. The van der Waals surface area contributed by atoms with Gasteiger partial charge >= 0.3 is 0 Å². The topological polar surface area (TPSA) is 90.0 Å². The summed E-state index contributed by atoms with van der Waals surface area (Å²) in [7, 11) is -0.744. The molecule has 2 aromatic carbocycles. The van der Waals surface area contributed by atoms with E-state index in [9.17, 15) is 18.0 Å². The number of anilines is 2. The molecule has 4 rings (SSSR count). The number of fused-ring (bicyclic) bond motifs is 3. The van der Waals surface area contributed by atoms with Gasteiger partial charge in [0.25, 0.3) is 0 Å². The Morgan fingerprint density at radius 2 is 1.84 bits per heavy atom. The second-order valence-electron chi connectivity index (χ2n) is 8.33. The van der Waals surface area contributed by atoms with Crippen LogP contribution < -0.4 is 15.1 Å². The van der Waals surface area contributed by atoms with E-state index < -0.39 is 10.0 Å². The van der Waals surface area contributed by atoms with E-state index >= 15 is 0 Å². The highest BCUT2D eigenvalue weighted by atomic mass is 32.2. The van der Waals surface area contributed by atoms with Gasteiger partial charge in [-0.25, -0.2) is 12.7 Å². The van der Waals surface area contributed by atoms with Crippen LogP contribution in [0.5, 0.6) is 0 Å². The van der Waals surface area contributed by atoms with Crippen LogP contribution in [0, 0.1) is 0 Å². The van der Waals surface area contributed by atoms with Crippen molar-refractivity contribution in [1.29, 1.82) is 0 Å². The van der Waals surface area contributed by atoms with E-state index in [4.69, 9.17) is 0 Å². The van der Waals surface area contributed by atoms with E-state index in [0.717, 1.165) is 41.4 Å². The minimum atomic E-state index is -3.68. The molecule has 0 bridgehead atoms. The standard InChI is InChI=1S/C23H28N4O4S/c1-25(2)32(30,31)18-11-12-19-21(14-18)27(23(29)20-10-6-7-13-26(19)20)16-22(28)24-15-17-8-4-3-5-9-17/h3-5,8-9,11-12,14,20H,6-7,10,13,15-16H2,1-2H3,(H,24,28). The lowest BCUT2D eigenvalue weighted by Crippen LogP contribution is -2.57. The van der Waals surface area contributed by atoms with Crippen molar-refractivity contribution >= 4 is 33.2 Å². The van der Waals surface area contributed by atoms with E-state index in [2.05, 4.69) is 5.32 Å². The molecule has 1 saturated heterocycles. The third-order valence-corrected chi connectivity index (χ3v) is 7.82. The third-order valence-electron chi connectivity index (χ3n) is 6.01. The second kappa shape index (κ2) is 8.91. The molecule has 170 valence electrons. The molecule has 8 nitrogen and oxygen atoms in total. The first-order valence-electron chi connectivity index (χ1n) is 10.7. The van der Waals surface area contributed by atoms with Gasteiger partial charge in [0.2, 0.25) is 21.8 Å². The van der Waals surface area contributed by atoms with Gasteiger partial charge in [-0.1, -0.05) is 30.3 Å². The smallest absolute Gasteiger partial charge is 0.250 e. The lowest BCUT2D eigenvalue weighted by Gasteiger charge is -2.45. The van der Waals surface area contributed by atoms with E-state index in [1.165, 1.54) is 25.1 Å². The van der Waals surface area contributed by atoms with Crippen molar-refractivity contribution in [1.82, 2.24) is 9.62 Å². The molecule has 2 aliphatic heterocycles. The molecule has 2 amide bonds. The molecule has 9 heteroatoms. The number of piperidine rings is 1. The summed E-state index contributed by atoms with van der Waals surface area (Å²) in [6, 6.07) is 14.1. The monoisotopic (exact) mass is 456 g/mol. The summed E-state index contributed by atoms with van der Waals surface area (Å²) >= 11 is 0. The van der Waals surface area contributed by atoms with Crippen LogP contribution in [0.2, 0.25) is 0 Å². The van der Waals surface area contributed by atoms with Crippen molar-refractivity contribution in [2.24, 2.45) is 0 Å². The number of benzene rings is 2. The lowest BCUT2D eigenvalue weighted by atomic mass is 9.96. The number of hydrogen-bond donors (Lipinski definition) is 1. The summed E-state index contributed by atoms with van der Waals surface area (Å²) in [5.41, 5.74) is 2.22. The van der Waals surface area contributed by atoms with Crippen molar-refractivity contribution < 1.29 is 18.0 Å². The average molecular weight is 457 g/mol. The van der Waals surface area contributed by atoms with Gasteiger partial charge in [0, 0.05) is 27.2 Å². The number of amides is 2. The molecule has 1 unspecified atom stereocenters. The van der Waals surface area contributed by atoms with Gasteiger partial charge in [-0.05, 0) is 43.0 Å². The number of nitrogens with one attached hydrogen (secondary N) is 1. The average Bonchev–Trinajstić information content (AvgIpc) is 2.80. The Labute approximate surface area is 188 Å². The van der Waals surface area contributed by atoms with Crippen molar-refractivity contribution in [3.63, 3.8) is 0 Å². The van der Waals surface area contributed by atoms with Gasteiger partial charge in [0.15, 0.2) is 0 Å². The number of carbonyl (C=O) groups is 2. The SMILES string of the molecule is CN(C)S(=O)(=O)c1ccc2c(c1)N(CC(=O)NCc1ccccc1)C(=O)C1CCCCN21. The van der Waals surface area contributed by atoms with Crippen LogP contribution in [-0.2, 0) is 26.2 Å². The van der Waals surface area contributed by atoms with Crippen LogP contribution in [0.3, 0.4) is 0 Å². The molecule has 1 atom stereocenters. The maximum absolute atomic E-state index is 13.4. The normalized spacial score (nSPS) is 18.3. The van der Waals surface area contributed by atoms with E-state index in [1.54, 1.807) is 12.1 Å². The maximum atomic E-state index is 13.4. The molecule has 0 aliphatic carbocycles. The summed E-state index contributed by atoms with van der Waals surface area (Å²) < 4.78 is 26.5.